The molecule has 2 N–H and O–H groups in total. The predicted molar refractivity (Wildman–Crippen MR) is 188 cm³/mol. The van der Waals surface area contributed by atoms with Crippen molar-refractivity contribution in [3.05, 3.63) is 88.3 Å². The highest BCUT2D eigenvalue weighted by molar-refractivity contribution is 7.10. The lowest BCUT2D eigenvalue weighted by atomic mass is 9.82. The van der Waals surface area contributed by atoms with E-state index in [2.05, 4.69) is 21.5 Å². The van der Waals surface area contributed by atoms with E-state index in [1.54, 1.807) is 64.4 Å². The summed E-state index contributed by atoms with van der Waals surface area (Å²) in [6.45, 7) is 7.19. The third-order valence-corrected chi connectivity index (χ3v) is 9.04. The Kier molecular flexibility index (Phi) is 16.0. The Balaban J connectivity index is 0.00000486. The van der Waals surface area contributed by atoms with Gasteiger partial charge in [0.05, 0.1) is 35.4 Å². The number of carbonyl (C=O) groups is 3. The predicted octanol–water partition coefficient (Wildman–Crippen LogP) is 1.85. The van der Waals surface area contributed by atoms with Crippen molar-refractivity contribution < 1.29 is 54.7 Å². The summed E-state index contributed by atoms with van der Waals surface area (Å²) in [5.41, 5.74) is -1.54. The number of aromatic nitrogens is 4. The quantitative estimate of drug-likeness (QED) is 0.151. The first kappa shape index (κ1) is 44.6. The van der Waals surface area contributed by atoms with Gasteiger partial charge in [-0.25, -0.2) is 23.5 Å². The molecule has 4 rings (SSSR count). The van der Waals surface area contributed by atoms with Crippen molar-refractivity contribution in [3.63, 3.8) is 0 Å². The average Bonchev–Trinajstić information content (AvgIpc) is 3.77. The lowest BCUT2D eigenvalue weighted by Crippen LogP contribution is -3.00. The molecule has 0 bridgehead atoms. The van der Waals surface area contributed by atoms with Gasteiger partial charge in [0.1, 0.15) is 30.4 Å². The molecule has 286 valence electrons. The second kappa shape index (κ2) is 19.0. The van der Waals surface area contributed by atoms with Crippen molar-refractivity contribution in [2.24, 2.45) is 5.41 Å². The van der Waals surface area contributed by atoms with Crippen molar-refractivity contribution in [2.45, 2.75) is 58.9 Å². The number of carbonyl (C=O) groups excluding carboxylic acids is 3. The Hall–Kier alpha value is -4.53. The summed E-state index contributed by atoms with van der Waals surface area (Å²) in [5.74, 6) is -3.57. The van der Waals surface area contributed by atoms with E-state index < -0.39 is 52.8 Å². The summed E-state index contributed by atoms with van der Waals surface area (Å²) in [4.78, 5) is 43.7. The molecular formula is C35H41Cl2F2N7O6S. The molecule has 3 atom stereocenters. The number of nitrogens with zero attached hydrogens (tertiary/aromatic N) is 6. The number of ether oxygens (including phenoxy) is 2. The van der Waals surface area contributed by atoms with E-state index in [0.29, 0.717) is 16.3 Å². The molecule has 4 aromatic rings. The average molecular weight is 797 g/mol. The molecule has 53 heavy (non-hydrogen) atoms. The Morgan fingerprint density at radius 2 is 1.83 bits per heavy atom. The van der Waals surface area contributed by atoms with Gasteiger partial charge in [0.25, 0.3) is 6.33 Å². The van der Waals surface area contributed by atoms with E-state index in [9.17, 15) is 23.9 Å². The van der Waals surface area contributed by atoms with Crippen molar-refractivity contribution in [3.8, 4) is 17.3 Å². The highest BCUT2D eigenvalue weighted by Gasteiger charge is 2.44. The fraction of sp³-hybridized carbons (Fsp3) is 0.400. The molecule has 18 heteroatoms. The zero-order chi connectivity index (χ0) is 37.5. The van der Waals surface area contributed by atoms with Crippen LogP contribution in [0.5, 0.6) is 0 Å². The molecule has 2 amide bonds. The minimum atomic E-state index is -2.07. The molecular weight excluding hydrogens is 755 g/mol. The maximum absolute atomic E-state index is 15.3. The summed E-state index contributed by atoms with van der Waals surface area (Å²) in [5, 5.41) is 30.5. The zero-order valence-corrected chi connectivity index (χ0v) is 32.3. The molecule has 2 aromatic carbocycles. The van der Waals surface area contributed by atoms with Crippen LogP contribution in [0.4, 0.5) is 13.6 Å². The van der Waals surface area contributed by atoms with Gasteiger partial charge in [-0.1, -0.05) is 39.8 Å². The van der Waals surface area contributed by atoms with Crippen LogP contribution in [0.3, 0.4) is 0 Å². The number of halogens is 4. The number of hydrogen-bond donors (Lipinski definition) is 2. The van der Waals surface area contributed by atoms with Crippen LogP contribution in [0.2, 0.25) is 0 Å². The smallest absolute Gasteiger partial charge is 0.419 e. The zero-order valence-electron chi connectivity index (χ0n) is 29.9. The molecule has 0 aliphatic carbocycles. The van der Waals surface area contributed by atoms with Gasteiger partial charge >= 0.3 is 12.1 Å². The van der Waals surface area contributed by atoms with E-state index in [0.717, 1.165) is 28.7 Å². The van der Waals surface area contributed by atoms with Crippen molar-refractivity contribution in [1.82, 2.24) is 25.0 Å². The molecule has 0 radical (unpaired) electrons. The first-order valence-electron chi connectivity index (χ1n) is 16.0. The normalized spacial score (nSPS) is 13.3. The van der Waals surface area contributed by atoms with E-state index >= 15 is 4.39 Å². The summed E-state index contributed by atoms with van der Waals surface area (Å²) < 4.78 is 43.2. The van der Waals surface area contributed by atoms with Gasteiger partial charge in [-0.05, 0) is 37.4 Å². The standard InChI is InChI=1S/C35H40F2N7O6S.2ClH/c1-22(31-41-29(18-51-31)25-9-7-24(16-38)8-10-25)35(48,27-15-26(36)11-12-28(27)37)19-43-21-42(20-40-43)23(2)50-33(47)44(32(46)34(3,4)5)13-14-49-30(45)17-39-6;;/h7-12,15,18,20-23,39,48H,13-14,17,19H2,1-6H3;2*1H/q+1;;/p-1. The van der Waals surface area contributed by atoms with Gasteiger partial charge in [0.2, 0.25) is 18.5 Å². The molecule has 0 spiro atoms. The van der Waals surface area contributed by atoms with Crippen LogP contribution in [-0.2, 0) is 31.2 Å². The molecule has 0 saturated heterocycles. The van der Waals surface area contributed by atoms with Gasteiger partial charge in [-0.2, -0.15) is 9.83 Å². The second-order valence-electron chi connectivity index (χ2n) is 12.9. The topological polar surface area (TPSA) is 164 Å². The highest BCUT2D eigenvalue weighted by Crippen LogP contribution is 2.41. The molecule has 0 aliphatic heterocycles. The Morgan fingerprint density at radius 1 is 1.15 bits per heavy atom. The van der Waals surface area contributed by atoms with Crippen LogP contribution in [0.15, 0.2) is 60.5 Å². The van der Waals surface area contributed by atoms with Gasteiger partial charge in [-0.15, -0.1) is 28.4 Å². The van der Waals surface area contributed by atoms with Gasteiger partial charge in [0, 0.05) is 39.9 Å². The molecule has 2 aromatic heterocycles. The third kappa shape index (κ3) is 11.0. The van der Waals surface area contributed by atoms with Crippen LogP contribution in [0.1, 0.15) is 62.9 Å². The lowest BCUT2D eigenvalue weighted by molar-refractivity contribution is -0.753. The highest BCUT2D eigenvalue weighted by atomic mass is 35.5. The van der Waals surface area contributed by atoms with Crippen molar-refractivity contribution >= 4 is 41.7 Å². The number of esters is 1. The van der Waals surface area contributed by atoms with Gasteiger partial charge in [0.15, 0.2) is 0 Å². The molecule has 0 saturated carbocycles. The SMILES string of the molecule is CNCC(=O)OCCN(C(=O)OC(C)[n+]1cnn(CC(O)(c2cc(F)ccc2F)C(C)c2nc(-c3ccc(C#N)cc3)cs2)c1)C(=O)C(C)(C)C.Cl.[Cl-]. The summed E-state index contributed by atoms with van der Waals surface area (Å²) in [6.07, 6.45) is 0.721. The number of nitriles is 1. The van der Waals surface area contributed by atoms with Crippen molar-refractivity contribution in [1.29, 1.82) is 5.26 Å². The fourth-order valence-electron chi connectivity index (χ4n) is 5.08. The molecule has 3 unspecified atom stereocenters. The number of imide groups is 1. The monoisotopic (exact) mass is 795 g/mol. The number of amides is 2. The Labute approximate surface area is 322 Å². The van der Waals surface area contributed by atoms with Crippen LogP contribution in [-0.4, -0.2) is 69.5 Å². The van der Waals surface area contributed by atoms with E-state index in [1.807, 2.05) is 0 Å². The number of rotatable bonds is 13. The van der Waals surface area contributed by atoms with Crippen molar-refractivity contribution in [2.75, 3.05) is 26.7 Å². The maximum Gasteiger partial charge on any atom is 0.419 e. The summed E-state index contributed by atoms with van der Waals surface area (Å²) in [6, 6.07) is 11.7. The number of hydrogen-bond acceptors (Lipinski definition) is 11. The Morgan fingerprint density at radius 3 is 2.45 bits per heavy atom. The number of likely N-dealkylation sites (N-methyl/N-ethyl adjacent to an activating group) is 1. The number of aliphatic hydroxyl groups is 1. The van der Waals surface area contributed by atoms with E-state index in [1.165, 1.54) is 40.2 Å². The number of thiazole rings is 1. The number of benzene rings is 2. The lowest BCUT2D eigenvalue weighted by Gasteiger charge is -2.32. The second-order valence-corrected chi connectivity index (χ2v) is 13.8. The first-order chi connectivity index (χ1) is 24.1. The van der Waals surface area contributed by atoms with Crippen LogP contribution in [0.25, 0.3) is 11.3 Å². The summed E-state index contributed by atoms with van der Waals surface area (Å²) >= 11 is 1.23. The Bertz CT molecular complexity index is 1920. The largest absolute Gasteiger partial charge is 1.00 e. The van der Waals surface area contributed by atoms with Crippen LogP contribution >= 0.6 is 23.7 Å². The fourth-order valence-corrected chi connectivity index (χ4v) is 6.05. The molecule has 0 aliphatic rings. The van der Waals surface area contributed by atoms with E-state index in [-0.39, 0.29) is 56.6 Å². The summed E-state index contributed by atoms with van der Waals surface area (Å²) in [7, 11) is 1.58. The third-order valence-electron chi connectivity index (χ3n) is 8.01. The molecule has 2 heterocycles. The number of nitrogens with one attached hydrogen (secondary N) is 1. The van der Waals surface area contributed by atoms with E-state index in [4.69, 9.17) is 14.7 Å². The van der Waals surface area contributed by atoms with Gasteiger partial charge < -0.3 is 32.3 Å². The van der Waals surface area contributed by atoms with Crippen LogP contribution in [0, 0.1) is 28.4 Å². The minimum Gasteiger partial charge on any atom is -1.00 e. The van der Waals surface area contributed by atoms with Gasteiger partial charge in [-0.3, -0.25) is 9.59 Å². The van der Waals surface area contributed by atoms with Crippen LogP contribution < -0.4 is 22.3 Å². The first-order valence-corrected chi connectivity index (χ1v) is 16.8. The molecule has 0 fully saturated rings. The minimum absolute atomic E-state index is 0. The molecule has 13 nitrogen and oxygen atoms in total. The maximum atomic E-state index is 15.3.